The van der Waals surface area contributed by atoms with Gasteiger partial charge in [0.15, 0.2) is 0 Å². The zero-order valence-corrected chi connectivity index (χ0v) is 13.2. The summed E-state index contributed by atoms with van der Waals surface area (Å²) in [5, 5.41) is 2.95. The van der Waals surface area contributed by atoms with E-state index in [9.17, 15) is 9.59 Å². The Morgan fingerprint density at radius 3 is 2.70 bits per heavy atom. The van der Waals surface area contributed by atoms with E-state index >= 15 is 0 Å². The smallest absolute Gasteiger partial charge is 0.251 e. The van der Waals surface area contributed by atoms with Crippen molar-refractivity contribution in [1.29, 1.82) is 0 Å². The Morgan fingerprint density at radius 1 is 1.35 bits per heavy atom. The van der Waals surface area contributed by atoms with Crippen LogP contribution >= 0.6 is 0 Å². The number of nitrogens with one attached hydrogen (secondary N) is 2. The van der Waals surface area contributed by atoms with Gasteiger partial charge in [-0.15, -0.1) is 0 Å². The van der Waals surface area contributed by atoms with Crippen LogP contribution in [0.5, 0.6) is 0 Å². The Labute approximate surface area is 135 Å². The van der Waals surface area contributed by atoms with Gasteiger partial charge in [-0.1, -0.05) is 36.8 Å². The maximum absolute atomic E-state index is 11.9. The average Bonchev–Trinajstić information content (AvgIpc) is 2.44. The van der Waals surface area contributed by atoms with Crippen molar-refractivity contribution in [2.24, 2.45) is 0 Å². The molecule has 5 heteroatoms. The molecule has 0 radical (unpaired) electrons. The van der Waals surface area contributed by atoms with Gasteiger partial charge in [0, 0.05) is 25.3 Å². The predicted molar refractivity (Wildman–Crippen MR) is 88.2 cm³/mol. The van der Waals surface area contributed by atoms with E-state index in [0.29, 0.717) is 12.3 Å². The monoisotopic (exact) mass is 311 g/mol. The van der Waals surface area contributed by atoms with Crippen LogP contribution in [0.15, 0.2) is 41.2 Å². The lowest BCUT2D eigenvalue weighted by Crippen LogP contribution is -2.29. The number of carbonyl (C=O) groups excluding carboxylic acids is 1. The summed E-state index contributed by atoms with van der Waals surface area (Å²) in [6.45, 7) is 1.50. The minimum atomic E-state index is -0.183. The highest BCUT2D eigenvalue weighted by molar-refractivity contribution is 5.73. The van der Waals surface area contributed by atoms with E-state index in [4.69, 9.17) is 0 Å². The quantitative estimate of drug-likeness (QED) is 0.890. The van der Waals surface area contributed by atoms with Crippen LogP contribution in [0.25, 0.3) is 0 Å². The average molecular weight is 311 g/mol. The highest BCUT2D eigenvalue weighted by Gasteiger charge is 2.23. The maximum atomic E-state index is 11.9. The van der Waals surface area contributed by atoms with Gasteiger partial charge in [0.05, 0.1) is 11.7 Å². The SMILES string of the molecule is CC(=O)NC(Cc1cc(=O)[nH]c(C2CCC2)n1)c1ccccc1. The number of rotatable bonds is 5. The molecule has 1 aromatic heterocycles. The van der Waals surface area contributed by atoms with Crippen LogP contribution < -0.4 is 10.9 Å². The van der Waals surface area contributed by atoms with Crippen molar-refractivity contribution in [2.45, 2.75) is 44.6 Å². The van der Waals surface area contributed by atoms with Crippen LogP contribution in [0, 0.1) is 0 Å². The number of aromatic amines is 1. The third-order valence-corrected chi connectivity index (χ3v) is 4.30. The molecule has 0 saturated heterocycles. The second-order valence-corrected chi connectivity index (χ2v) is 6.12. The standard InChI is InChI=1S/C18H21N3O2/c1-12(22)19-16(13-6-3-2-4-7-13)10-15-11-17(23)21-18(20-15)14-8-5-9-14/h2-4,6-7,11,14,16H,5,8-10H2,1H3,(H,19,22)(H,20,21,23). The number of nitrogens with zero attached hydrogens (tertiary/aromatic N) is 1. The van der Waals surface area contributed by atoms with E-state index in [1.54, 1.807) is 0 Å². The van der Waals surface area contributed by atoms with E-state index in [0.717, 1.165) is 29.9 Å². The van der Waals surface area contributed by atoms with Gasteiger partial charge in [-0.25, -0.2) is 4.98 Å². The molecule has 1 aromatic carbocycles. The second kappa shape index (κ2) is 6.77. The molecule has 0 bridgehead atoms. The summed E-state index contributed by atoms with van der Waals surface area (Å²) in [6.07, 6.45) is 3.87. The van der Waals surface area contributed by atoms with Crippen molar-refractivity contribution < 1.29 is 4.79 Å². The first-order valence-corrected chi connectivity index (χ1v) is 8.04. The molecule has 1 atom stereocenters. The molecular formula is C18H21N3O2. The third kappa shape index (κ3) is 3.86. The normalized spacial score (nSPS) is 15.7. The molecule has 1 aliphatic carbocycles. The molecule has 0 aliphatic heterocycles. The molecule has 1 unspecified atom stereocenters. The molecule has 120 valence electrons. The number of carbonyl (C=O) groups is 1. The molecule has 3 rings (SSSR count). The van der Waals surface area contributed by atoms with Crippen LogP contribution in [-0.2, 0) is 11.2 Å². The first-order chi connectivity index (χ1) is 11.1. The van der Waals surface area contributed by atoms with Crippen LogP contribution in [0.2, 0.25) is 0 Å². The Hall–Kier alpha value is -2.43. The Kier molecular flexibility index (Phi) is 4.55. The maximum Gasteiger partial charge on any atom is 0.251 e. The molecule has 2 aromatic rings. The summed E-state index contributed by atoms with van der Waals surface area (Å²) < 4.78 is 0. The van der Waals surface area contributed by atoms with E-state index in [2.05, 4.69) is 15.3 Å². The predicted octanol–water partition coefficient (Wildman–Crippen LogP) is 2.46. The fraction of sp³-hybridized carbons (Fsp3) is 0.389. The lowest BCUT2D eigenvalue weighted by Gasteiger charge is -2.25. The zero-order valence-electron chi connectivity index (χ0n) is 13.2. The summed E-state index contributed by atoms with van der Waals surface area (Å²) >= 11 is 0. The molecular weight excluding hydrogens is 290 g/mol. The highest BCUT2D eigenvalue weighted by Crippen LogP contribution is 2.33. The molecule has 1 fully saturated rings. The number of benzene rings is 1. The summed E-state index contributed by atoms with van der Waals surface area (Å²) in [5.41, 5.74) is 1.61. The number of aromatic nitrogens is 2. The van der Waals surface area contributed by atoms with Gasteiger partial charge in [-0.2, -0.15) is 0 Å². The highest BCUT2D eigenvalue weighted by atomic mass is 16.1. The van der Waals surface area contributed by atoms with E-state index < -0.39 is 0 Å². The van der Waals surface area contributed by atoms with Gasteiger partial charge in [0.1, 0.15) is 5.82 Å². The lowest BCUT2D eigenvalue weighted by atomic mass is 9.85. The molecule has 0 spiro atoms. The topological polar surface area (TPSA) is 74.8 Å². The first-order valence-electron chi connectivity index (χ1n) is 8.04. The van der Waals surface area contributed by atoms with Crippen LogP contribution in [0.4, 0.5) is 0 Å². The summed E-state index contributed by atoms with van der Waals surface area (Å²) in [4.78, 5) is 30.9. The zero-order chi connectivity index (χ0) is 16.2. The van der Waals surface area contributed by atoms with Crippen molar-refractivity contribution >= 4 is 5.91 Å². The van der Waals surface area contributed by atoms with E-state index in [-0.39, 0.29) is 17.5 Å². The Bertz CT molecular complexity index is 735. The number of H-pyrrole nitrogens is 1. The fourth-order valence-electron chi connectivity index (χ4n) is 2.90. The second-order valence-electron chi connectivity index (χ2n) is 6.12. The fourth-order valence-corrected chi connectivity index (χ4v) is 2.90. The molecule has 5 nitrogen and oxygen atoms in total. The molecule has 2 N–H and O–H groups in total. The van der Waals surface area contributed by atoms with Crippen LogP contribution in [-0.4, -0.2) is 15.9 Å². The molecule has 23 heavy (non-hydrogen) atoms. The van der Waals surface area contributed by atoms with Crippen LogP contribution in [0.1, 0.15) is 55.2 Å². The van der Waals surface area contributed by atoms with Crippen molar-refractivity contribution in [3.05, 3.63) is 63.8 Å². The van der Waals surface area contributed by atoms with Crippen molar-refractivity contribution in [2.75, 3.05) is 0 Å². The first kappa shape index (κ1) is 15.5. The van der Waals surface area contributed by atoms with Gasteiger partial charge in [-0.05, 0) is 18.4 Å². The van der Waals surface area contributed by atoms with E-state index in [1.807, 2.05) is 30.3 Å². The van der Waals surface area contributed by atoms with Gasteiger partial charge >= 0.3 is 0 Å². The van der Waals surface area contributed by atoms with Gasteiger partial charge < -0.3 is 10.3 Å². The molecule has 1 aliphatic rings. The Balaban J connectivity index is 1.86. The van der Waals surface area contributed by atoms with Crippen LogP contribution in [0.3, 0.4) is 0 Å². The van der Waals surface area contributed by atoms with Gasteiger partial charge in [0.25, 0.3) is 5.56 Å². The summed E-state index contributed by atoms with van der Waals surface area (Å²) in [6, 6.07) is 11.1. The van der Waals surface area contributed by atoms with Crippen molar-refractivity contribution in [3.8, 4) is 0 Å². The lowest BCUT2D eigenvalue weighted by molar-refractivity contribution is -0.119. The third-order valence-electron chi connectivity index (χ3n) is 4.30. The molecule has 1 heterocycles. The number of hydrogen-bond acceptors (Lipinski definition) is 3. The van der Waals surface area contributed by atoms with Gasteiger partial charge in [0.2, 0.25) is 5.91 Å². The summed E-state index contributed by atoms with van der Waals surface area (Å²) in [7, 11) is 0. The molecule has 1 saturated carbocycles. The Morgan fingerprint density at radius 2 is 2.09 bits per heavy atom. The van der Waals surface area contributed by atoms with Crippen molar-refractivity contribution in [1.82, 2.24) is 15.3 Å². The largest absolute Gasteiger partial charge is 0.349 e. The minimum Gasteiger partial charge on any atom is -0.349 e. The molecule has 1 amide bonds. The van der Waals surface area contributed by atoms with Crippen molar-refractivity contribution in [3.63, 3.8) is 0 Å². The summed E-state index contributed by atoms with van der Waals surface area (Å²) in [5.74, 6) is 1.06. The van der Waals surface area contributed by atoms with E-state index in [1.165, 1.54) is 19.4 Å². The number of hydrogen-bond donors (Lipinski definition) is 2. The van der Waals surface area contributed by atoms with Gasteiger partial charge in [-0.3, -0.25) is 9.59 Å². The minimum absolute atomic E-state index is 0.0945. The number of amides is 1.